The summed E-state index contributed by atoms with van der Waals surface area (Å²) in [6, 6.07) is 16.4. The molecule has 172 valence electrons. The number of benzene rings is 2. The second-order valence-corrected chi connectivity index (χ2v) is 7.15. The third-order valence-electron chi connectivity index (χ3n) is 3.88. The van der Waals surface area contributed by atoms with Crippen LogP contribution in [0.2, 0.25) is 10.0 Å². The number of hydrogen-bond donors (Lipinski definition) is 2. The van der Waals surface area contributed by atoms with Crippen molar-refractivity contribution in [1.82, 2.24) is 35.7 Å². The third kappa shape index (κ3) is 7.68. The maximum atomic E-state index is 10.6. The Morgan fingerprint density at radius 2 is 1.41 bits per heavy atom. The van der Waals surface area contributed by atoms with Gasteiger partial charge in [0.05, 0.1) is 6.07 Å². The van der Waals surface area contributed by atoms with Crippen LogP contribution < -0.4 is 11.9 Å². The van der Waals surface area contributed by atoms with E-state index in [1.54, 1.807) is 24.3 Å². The van der Waals surface area contributed by atoms with E-state index in [2.05, 4.69) is 20.2 Å². The summed E-state index contributed by atoms with van der Waals surface area (Å²) >= 11 is 11.7. The minimum Gasteiger partial charge on any atom is -0.366 e. The van der Waals surface area contributed by atoms with Gasteiger partial charge in [0.25, 0.3) is 0 Å². The van der Waals surface area contributed by atoms with Crippen LogP contribution in [0.1, 0.15) is 0 Å². The topological polar surface area (TPSA) is 163 Å². The summed E-state index contributed by atoms with van der Waals surface area (Å²) in [6.07, 6.45) is 8.51. The number of nitrogens with two attached hydrogens (primary N) is 1. The minimum absolute atomic E-state index is 0. The van der Waals surface area contributed by atoms with E-state index in [0.717, 1.165) is 11.1 Å². The number of rotatable bonds is 5. The summed E-state index contributed by atoms with van der Waals surface area (Å²) in [4.78, 5) is 18.8. The van der Waals surface area contributed by atoms with E-state index in [1.165, 1.54) is 46.6 Å². The average Bonchev–Trinajstić information content (AvgIpc) is 3.47. The first-order chi connectivity index (χ1) is 15.9. The number of nitriles is 1. The van der Waals surface area contributed by atoms with Crippen molar-refractivity contribution < 1.29 is 4.79 Å². The highest BCUT2D eigenvalue weighted by molar-refractivity contribution is 6.31. The molecule has 2 aromatic carbocycles. The predicted molar refractivity (Wildman–Crippen MR) is 131 cm³/mol. The maximum absolute atomic E-state index is 10.6. The Kier molecular flexibility index (Phi) is 9.67. The van der Waals surface area contributed by atoms with Crippen molar-refractivity contribution in [3.05, 3.63) is 83.4 Å². The molecule has 0 aliphatic heterocycles. The van der Waals surface area contributed by atoms with Crippen LogP contribution in [0.15, 0.2) is 73.3 Å². The molecule has 0 bridgehead atoms. The average molecular weight is 496 g/mol. The van der Waals surface area contributed by atoms with E-state index in [9.17, 15) is 4.79 Å². The zero-order chi connectivity index (χ0) is 23.6. The number of carbonyl (C=O) groups excluding carboxylic acids is 1. The quantitative estimate of drug-likeness (QED) is 0.307. The number of aromatic nitrogens is 6. The van der Waals surface area contributed by atoms with E-state index >= 15 is 0 Å². The number of nitrogens with zero attached hydrogens (tertiary/aromatic N) is 7. The van der Waals surface area contributed by atoms with Gasteiger partial charge < -0.3 is 11.9 Å². The van der Waals surface area contributed by atoms with Gasteiger partial charge in [-0.05, 0) is 24.3 Å². The largest absolute Gasteiger partial charge is 0.366 e. The van der Waals surface area contributed by atoms with Gasteiger partial charge in [0.2, 0.25) is 5.91 Å². The number of halogens is 2. The zero-order valence-corrected chi connectivity index (χ0v) is 19.2. The van der Waals surface area contributed by atoms with Gasteiger partial charge in [-0.1, -0.05) is 47.5 Å². The molecule has 2 aromatic heterocycles. The molecule has 0 radical (unpaired) electrons. The molecule has 0 saturated carbocycles. The molecule has 0 aliphatic rings. The van der Waals surface area contributed by atoms with Gasteiger partial charge in [-0.25, -0.2) is 19.3 Å². The molecule has 12 heteroatoms. The van der Waals surface area contributed by atoms with Crippen LogP contribution in [0.25, 0.3) is 35.2 Å². The van der Waals surface area contributed by atoms with Crippen molar-refractivity contribution in [2.24, 2.45) is 5.73 Å². The number of allylic oxidation sites excluding steroid dienone is 1. The SMILES string of the molecule is N.N#C/C=C/n1cnc(-c2cccc(Cl)c2)n1.NC(=O)/C=C/n1cnc(-c2cccc(Cl)c2)n1. The summed E-state index contributed by atoms with van der Waals surface area (Å²) in [6.45, 7) is 0. The first-order valence-corrected chi connectivity index (χ1v) is 10.1. The Labute approximate surface area is 205 Å². The lowest BCUT2D eigenvalue weighted by atomic mass is 10.2. The molecule has 1 amide bonds. The molecular weight excluding hydrogens is 477 g/mol. The van der Waals surface area contributed by atoms with E-state index in [4.69, 9.17) is 34.2 Å². The van der Waals surface area contributed by atoms with Crippen molar-refractivity contribution in [1.29, 1.82) is 5.26 Å². The summed E-state index contributed by atoms with van der Waals surface area (Å²) in [5, 5.41) is 17.9. The third-order valence-corrected chi connectivity index (χ3v) is 4.35. The van der Waals surface area contributed by atoms with Crippen LogP contribution in [0, 0.1) is 11.3 Å². The Morgan fingerprint density at radius 3 is 1.85 bits per heavy atom. The molecule has 4 aromatic rings. The standard InChI is InChI=1S/C11H9ClN4O.C11H7ClN4.H3N/c12-9-3-1-2-8(6-9)11-14-7-16(15-11)5-4-10(13)17;12-10-4-1-3-9(7-10)11-14-8-16(15-11)6-2-5-13;/h1-7H,(H2,13,17);1-4,6-8H;1H3/b5-4+;6-2+;. The molecule has 34 heavy (non-hydrogen) atoms. The van der Waals surface area contributed by atoms with Crippen LogP contribution in [0.5, 0.6) is 0 Å². The van der Waals surface area contributed by atoms with Crippen LogP contribution in [-0.2, 0) is 4.79 Å². The highest BCUT2D eigenvalue weighted by Gasteiger charge is 2.04. The Bertz CT molecular complexity index is 1350. The molecular formula is C22H19Cl2N9O. The molecule has 2 heterocycles. The normalized spacial score (nSPS) is 10.4. The molecule has 0 saturated heterocycles. The molecule has 0 aliphatic carbocycles. The van der Waals surface area contributed by atoms with Gasteiger partial charge in [0.15, 0.2) is 11.6 Å². The molecule has 4 rings (SSSR count). The first kappa shape index (κ1) is 26.0. The van der Waals surface area contributed by atoms with E-state index in [0.29, 0.717) is 21.7 Å². The molecule has 0 spiro atoms. The zero-order valence-electron chi connectivity index (χ0n) is 17.7. The lowest BCUT2D eigenvalue weighted by Crippen LogP contribution is -2.06. The Morgan fingerprint density at radius 1 is 0.912 bits per heavy atom. The smallest absolute Gasteiger partial charge is 0.242 e. The van der Waals surface area contributed by atoms with Crippen LogP contribution in [0.4, 0.5) is 0 Å². The van der Waals surface area contributed by atoms with E-state index < -0.39 is 5.91 Å². The van der Waals surface area contributed by atoms with Crippen LogP contribution in [-0.4, -0.2) is 35.4 Å². The van der Waals surface area contributed by atoms with E-state index in [-0.39, 0.29) is 6.15 Å². The second kappa shape index (κ2) is 12.7. The van der Waals surface area contributed by atoms with Crippen LogP contribution in [0.3, 0.4) is 0 Å². The van der Waals surface area contributed by atoms with Crippen molar-refractivity contribution in [2.75, 3.05) is 0 Å². The van der Waals surface area contributed by atoms with Gasteiger partial charge in [-0.2, -0.15) is 5.26 Å². The molecule has 0 atom stereocenters. The highest BCUT2D eigenvalue weighted by Crippen LogP contribution is 2.19. The van der Waals surface area contributed by atoms with Gasteiger partial charge in [-0.3, -0.25) is 4.79 Å². The number of amides is 1. The molecule has 0 fully saturated rings. The van der Waals surface area contributed by atoms with Gasteiger partial charge in [0, 0.05) is 45.7 Å². The van der Waals surface area contributed by atoms with Gasteiger partial charge in [0.1, 0.15) is 12.7 Å². The number of primary amides is 1. The first-order valence-electron chi connectivity index (χ1n) is 9.32. The summed E-state index contributed by atoms with van der Waals surface area (Å²) in [7, 11) is 0. The summed E-state index contributed by atoms with van der Waals surface area (Å²) in [5.74, 6) is 0.566. The van der Waals surface area contributed by atoms with Gasteiger partial charge in [-0.15, -0.1) is 10.2 Å². The lowest BCUT2D eigenvalue weighted by molar-refractivity contribution is -0.113. The molecule has 10 nitrogen and oxygen atoms in total. The van der Waals surface area contributed by atoms with Gasteiger partial charge >= 0.3 is 0 Å². The van der Waals surface area contributed by atoms with Crippen molar-refractivity contribution in [2.45, 2.75) is 0 Å². The number of carbonyl (C=O) groups is 1. The fraction of sp³-hybridized carbons (Fsp3) is 0. The van der Waals surface area contributed by atoms with Crippen LogP contribution >= 0.6 is 23.2 Å². The van der Waals surface area contributed by atoms with Crippen molar-refractivity contribution in [3.8, 4) is 28.8 Å². The summed E-state index contributed by atoms with van der Waals surface area (Å²) < 4.78 is 2.88. The summed E-state index contributed by atoms with van der Waals surface area (Å²) in [5.41, 5.74) is 6.63. The van der Waals surface area contributed by atoms with Crippen molar-refractivity contribution in [3.63, 3.8) is 0 Å². The highest BCUT2D eigenvalue weighted by atomic mass is 35.5. The fourth-order valence-electron chi connectivity index (χ4n) is 2.47. The Hall–Kier alpha value is -4.30. The van der Waals surface area contributed by atoms with Crippen molar-refractivity contribution >= 4 is 41.5 Å². The van der Waals surface area contributed by atoms with E-state index in [1.807, 2.05) is 30.3 Å². The maximum Gasteiger partial charge on any atom is 0.242 e. The monoisotopic (exact) mass is 495 g/mol. The second-order valence-electron chi connectivity index (χ2n) is 6.28. The minimum atomic E-state index is -0.537. The Balaban J connectivity index is 0.000000234. The fourth-order valence-corrected chi connectivity index (χ4v) is 2.85. The molecule has 5 N–H and O–H groups in total. The lowest BCUT2D eigenvalue weighted by Gasteiger charge is -1.95. The number of hydrogen-bond acceptors (Lipinski definition) is 7. The molecule has 0 unspecified atom stereocenters. The predicted octanol–water partition coefficient (Wildman–Crippen LogP) is 4.31.